The summed E-state index contributed by atoms with van der Waals surface area (Å²) < 4.78 is 11.3. The van der Waals surface area contributed by atoms with E-state index in [1.54, 1.807) is 7.11 Å². The SMILES string of the molecule is COc1cc(CNC(C)(C)C)ccc1OCc1ccc(Cl)cc1. The molecule has 2 rings (SSSR count). The van der Waals surface area contributed by atoms with Gasteiger partial charge in [-0.05, 0) is 56.2 Å². The third kappa shape index (κ3) is 5.77. The van der Waals surface area contributed by atoms with Gasteiger partial charge in [0.15, 0.2) is 11.5 Å². The topological polar surface area (TPSA) is 30.5 Å². The summed E-state index contributed by atoms with van der Waals surface area (Å²) in [7, 11) is 1.66. The number of ether oxygens (including phenoxy) is 2. The van der Waals surface area contributed by atoms with Crippen LogP contribution in [0.25, 0.3) is 0 Å². The normalized spacial score (nSPS) is 11.3. The third-order valence-electron chi connectivity index (χ3n) is 3.36. The molecule has 0 radical (unpaired) electrons. The number of hydrogen-bond donors (Lipinski definition) is 1. The molecule has 1 N–H and O–H groups in total. The summed E-state index contributed by atoms with van der Waals surface area (Å²) in [6.45, 7) is 7.71. The first-order valence-electron chi connectivity index (χ1n) is 7.66. The van der Waals surface area contributed by atoms with Gasteiger partial charge in [-0.3, -0.25) is 0 Å². The summed E-state index contributed by atoms with van der Waals surface area (Å²) in [6, 6.07) is 13.6. The zero-order valence-corrected chi connectivity index (χ0v) is 14.9. The molecule has 0 aliphatic rings. The summed E-state index contributed by atoms with van der Waals surface area (Å²) in [5.74, 6) is 1.48. The van der Waals surface area contributed by atoms with Gasteiger partial charge in [-0.25, -0.2) is 0 Å². The van der Waals surface area contributed by atoms with E-state index in [0.29, 0.717) is 6.61 Å². The van der Waals surface area contributed by atoms with Gasteiger partial charge in [0.1, 0.15) is 6.61 Å². The number of methoxy groups -OCH3 is 1. The van der Waals surface area contributed by atoms with Crippen molar-refractivity contribution >= 4 is 11.6 Å². The highest BCUT2D eigenvalue weighted by atomic mass is 35.5. The minimum absolute atomic E-state index is 0.0803. The summed E-state index contributed by atoms with van der Waals surface area (Å²) in [5, 5.41) is 4.19. The Balaban J connectivity index is 2.02. The molecule has 0 unspecified atom stereocenters. The lowest BCUT2D eigenvalue weighted by Gasteiger charge is -2.21. The van der Waals surface area contributed by atoms with Crippen LogP contribution in [0, 0.1) is 0 Å². The fourth-order valence-electron chi connectivity index (χ4n) is 2.05. The Morgan fingerprint density at radius 1 is 0.957 bits per heavy atom. The lowest BCUT2D eigenvalue weighted by Crippen LogP contribution is -2.35. The predicted molar refractivity (Wildman–Crippen MR) is 95.4 cm³/mol. The van der Waals surface area contributed by atoms with Crippen molar-refractivity contribution in [1.29, 1.82) is 0 Å². The molecule has 3 nitrogen and oxygen atoms in total. The van der Waals surface area contributed by atoms with Crippen molar-refractivity contribution < 1.29 is 9.47 Å². The van der Waals surface area contributed by atoms with Gasteiger partial charge in [-0.15, -0.1) is 0 Å². The Kier molecular flexibility index (Phi) is 5.91. The van der Waals surface area contributed by atoms with Gasteiger partial charge in [-0.2, -0.15) is 0 Å². The van der Waals surface area contributed by atoms with Crippen LogP contribution in [0.2, 0.25) is 5.02 Å². The molecule has 0 fully saturated rings. The van der Waals surface area contributed by atoms with Gasteiger partial charge >= 0.3 is 0 Å². The molecular weight excluding hydrogens is 310 g/mol. The quantitative estimate of drug-likeness (QED) is 0.822. The summed E-state index contributed by atoms with van der Waals surface area (Å²) in [4.78, 5) is 0. The van der Waals surface area contributed by atoms with Crippen LogP contribution in [0.1, 0.15) is 31.9 Å². The van der Waals surface area contributed by atoms with E-state index in [9.17, 15) is 0 Å². The lowest BCUT2D eigenvalue weighted by atomic mass is 10.1. The second-order valence-corrected chi connectivity index (χ2v) is 6.94. The molecule has 23 heavy (non-hydrogen) atoms. The lowest BCUT2D eigenvalue weighted by molar-refractivity contribution is 0.284. The number of halogens is 1. The van der Waals surface area contributed by atoms with E-state index >= 15 is 0 Å². The van der Waals surface area contributed by atoms with Gasteiger partial charge in [-0.1, -0.05) is 29.8 Å². The van der Waals surface area contributed by atoms with Gasteiger partial charge < -0.3 is 14.8 Å². The first-order chi connectivity index (χ1) is 10.9. The highest BCUT2D eigenvalue weighted by molar-refractivity contribution is 6.30. The zero-order valence-electron chi connectivity index (χ0n) is 14.2. The molecule has 0 saturated heterocycles. The van der Waals surface area contributed by atoms with Gasteiger partial charge in [0.25, 0.3) is 0 Å². The third-order valence-corrected chi connectivity index (χ3v) is 3.61. The van der Waals surface area contributed by atoms with E-state index < -0.39 is 0 Å². The van der Waals surface area contributed by atoms with Crippen molar-refractivity contribution in [3.63, 3.8) is 0 Å². The number of hydrogen-bond acceptors (Lipinski definition) is 3. The summed E-state index contributed by atoms with van der Waals surface area (Å²) in [6.07, 6.45) is 0. The van der Waals surface area contributed by atoms with Crippen molar-refractivity contribution in [1.82, 2.24) is 5.32 Å². The van der Waals surface area contributed by atoms with Crippen molar-refractivity contribution in [2.45, 2.75) is 39.5 Å². The Hall–Kier alpha value is -1.71. The minimum Gasteiger partial charge on any atom is -0.493 e. The molecule has 124 valence electrons. The maximum absolute atomic E-state index is 5.89. The molecule has 0 bridgehead atoms. The van der Waals surface area contributed by atoms with E-state index in [1.807, 2.05) is 36.4 Å². The molecule has 0 spiro atoms. The largest absolute Gasteiger partial charge is 0.493 e. The van der Waals surface area contributed by atoms with Crippen molar-refractivity contribution in [3.05, 3.63) is 58.6 Å². The van der Waals surface area contributed by atoms with E-state index in [0.717, 1.165) is 34.2 Å². The second kappa shape index (κ2) is 7.71. The summed E-state index contributed by atoms with van der Waals surface area (Å²) >= 11 is 5.89. The Bertz CT molecular complexity index is 633. The molecule has 2 aromatic carbocycles. The van der Waals surface area contributed by atoms with E-state index in [1.165, 1.54) is 0 Å². The molecule has 0 aliphatic carbocycles. The van der Waals surface area contributed by atoms with Crippen LogP contribution in [-0.4, -0.2) is 12.6 Å². The van der Waals surface area contributed by atoms with Crippen LogP contribution in [0.15, 0.2) is 42.5 Å². The molecule has 0 aliphatic heterocycles. The number of benzene rings is 2. The van der Waals surface area contributed by atoms with E-state index in [-0.39, 0.29) is 5.54 Å². The maximum Gasteiger partial charge on any atom is 0.161 e. The smallest absolute Gasteiger partial charge is 0.161 e. The van der Waals surface area contributed by atoms with Crippen molar-refractivity contribution in [2.75, 3.05) is 7.11 Å². The average molecular weight is 334 g/mol. The van der Waals surface area contributed by atoms with Crippen molar-refractivity contribution in [3.8, 4) is 11.5 Å². The van der Waals surface area contributed by atoms with Crippen LogP contribution >= 0.6 is 11.6 Å². The standard InChI is InChI=1S/C19H24ClNO2/c1-19(2,3)21-12-15-7-10-17(18(11-15)22-4)23-13-14-5-8-16(20)9-6-14/h5-11,21H,12-13H2,1-4H3. The Morgan fingerprint density at radius 2 is 1.61 bits per heavy atom. The van der Waals surface area contributed by atoms with Crippen molar-refractivity contribution in [2.24, 2.45) is 0 Å². The zero-order chi connectivity index (χ0) is 16.9. The molecule has 0 heterocycles. The van der Waals surface area contributed by atoms with Gasteiger partial charge in [0.05, 0.1) is 7.11 Å². The first kappa shape index (κ1) is 17.6. The van der Waals surface area contributed by atoms with E-state index in [4.69, 9.17) is 21.1 Å². The molecular formula is C19H24ClNO2. The Morgan fingerprint density at radius 3 is 2.22 bits per heavy atom. The number of rotatable bonds is 6. The van der Waals surface area contributed by atoms with Gasteiger partial charge in [0, 0.05) is 17.1 Å². The highest BCUT2D eigenvalue weighted by Gasteiger charge is 2.10. The average Bonchev–Trinajstić information content (AvgIpc) is 2.52. The van der Waals surface area contributed by atoms with Crippen LogP contribution in [0.5, 0.6) is 11.5 Å². The molecule has 2 aromatic rings. The number of nitrogens with one attached hydrogen (secondary N) is 1. The second-order valence-electron chi connectivity index (χ2n) is 6.50. The molecule has 0 saturated carbocycles. The molecule has 0 aromatic heterocycles. The first-order valence-corrected chi connectivity index (χ1v) is 8.04. The molecule has 0 amide bonds. The highest BCUT2D eigenvalue weighted by Crippen LogP contribution is 2.29. The van der Waals surface area contributed by atoms with Gasteiger partial charge in [0.2, 0.25) is 0 Å². The van der Waals surface area contributed by atoms with E-state index in [2.05, 4.69) is 32.2 Å². The fourth-order valence-corrected chi connectivity index (χ4v) is 2.18. The molecule has 0 atom stereocenters. The Labute approximate surface area is 143 Å². The predicted octanol–water partition coefficient (Wildman–Crippen LogP) is 4.82. The monoisotopic (exact) mass is 333 g/mol. The van der Waals surface area contributed by atoms with Crippen LogP contribution in [-0.2, 0) is 13.2 Å². The minimum atomic E-state index is 0.0803. The van der Waals surface area contributed by atoms with Crippen LogP contribution in [0.4, 0.5) is 0 Å². The van der Waals surface area contributed by atoms with Crippen LogP contribution in [0.3, 0.4) is 0 Å². The summed E-state index contributed by atoms with van der Waals surface area (Å²) in [5.41, 5.74) is 2.31. The molecule has 4 heteroatoms. The maximum atomic E-state index is 5.89. The fraction of sp³-hybridized carbons (Fsp3) is 0.368. The van der Waals surface area contributed by atoms with Crippen LogP contribution < -0.4 is 14.8 Å².